The van der Waals surface area contributed by atoms with E-state index in [2.05, 4.69) is 27.9 Å². The minimum atomic E-state index is -0.0214. The summed E-state index contributed by atoms with van der Waals surface area (Å²) < 4.78 is 5.13. The second-order valence-electron chi connectivity index (χ2n) is 6.00. The monoisotopic (exact) mass is 476 g/mol. The van der Waals surface area contributed by atoms with Crippen molar-refractivity contribution in [2.45, 2.75) is 46.2 Å². The number of methoxy groups -OCH3 is 1. The van der Waals surface area contributed by atoms with E-state index >= 15 is 0 Å². The second-order valence-corrected chi connectivity index (χ2v) is 6.00. The molecule has 0 aliphatic rings. The van der Waals surface area contributed by atoms with Crippen molar-refractivity contribution in [1.82, 2.24) is 16.0 Å². The Kier molecular flexibility index (Phi) is 14.0. The fourth-order valence-corrected chi connectivity index (χ4v) is 2.26. The molecule has 0 radical (unpaired) electrons. The van der Waals surface area contributed by atoms with Gasteiger partial charge in [-0.3, -0.25) is 4.79 Å². The summed E-state index contributed by atoms with van der Waals surface area (Å²) in [5.41, 5.74) is 1.74. The molecule has 0 bridgehead atoms. The number of ether oxygens (including phenoxy) is 1. The summed E-state index contributed by atoms with van der Waals surface area (Å²) >= 11 is 0. The van der Waals surface area contributed by atoms with E-state index < -0.39 is 0 Å². The third-order valence-corrected chi connectivity index (χ3v) is 3.60. The molecule has 1 aromatic rings. The minimum absolute atomic E-state index is 0. The Morgan fingerprint density at radius 2 is 1.88 bits per heavy atom. The fourth-order valence-electron chi connectivity index (χ4n) is 2.26. The largest absolute Gasteiger partial charge is 0.383 e. The highest BCUT2D eigenvalue weighted by Crippen LogP contribution is 2.06. The van der Waals surface area contributed by atoms with Gasteiger partial charge in [-0.15, -0.1) is 24.0 Å². The average molecular weight is 476 g/mol. The van der Waals surface area contributed by atoms with Gasteiger partial charge in [0.1, 0.15) is 0 Å². The summed E-state index contributed by atoms with van der Waals surface area (Å²) in [5.74, 6) is 0.736. The van der Waals surface area contributed by atoms with Crippen molar-refractivity contribution >= 4 is 35.8 Å². The van der Waals surface area contributed by atoms with E-state index in [0.29, 0.717) is 18.7 Å². The molecule has 0 aromatic heterocycles. The molecule has 3 N–H and O–H groups in total. The smallest absolute Gasteiger partial charge is 0.251 e. The number of rotatable bonds is 10. The van der Waals surface area contributed by atoms with E-state index in [1.54, 1.807) is 7.11 Å². The zero-order valence-electron chi connectivity index (χ0n) is 16.3. The number of aliphatic imine (C=N–C) groups is 1. The Morgan fingerprint density at radius 3 is 2.46 bits per heavy atom. The Hall–Kier alpha value is -1.35. The lowest BCUT2D eigenvalue weighted by Gasteiger charge is -2.17. The third kappa shape index (κ3) is 9.96. The molecule has 0 saturated heterocycles. The van der Waals surface area contributed by atoms with E-state index in [-0.39, 0.29) is 35.9 Å². The van der Waals surface area contributed by atoms with Crippen LogP contribution in [0.3, 0.4) is 0 Å². The maximum absolute atomic E-state index is 12.0. The van der Waals surface area contributed by atoms with Gasteiger partial charge in [0.15, 0.2) is 5.96 Å². The van der Waals surface area contributed by atoms with Crippen LogP contribution in [0.4, 0.5) is 0 Å². The van der Waals surface area contributed by atoms with Gasteiger partial charge < -0.3 is 20.7 Å². The first-order chi connectivity index (χ1) is 12.1. The van der Waals surface area contributed by atoms with Crippen LogP contribution in [0.1, 0.15) is 49.5 Å². The number of carbonyl (C=O) groups excluding carboxylic acids is 1. The molecular formula is C19H33IN4O2. The molecule has 26 heavy (non-hydrogen) atoms. The van der Waals surface area contributed by atoms with E-state index in [9.17, 15) is 4.79 Å². The molecule has 1 amide bonds. The van der Waals surface area contributed by atoms with Crippen molar-refractivity contribution in [2.24, 2.45) is 4.99 Å². The molecule has 0 heterocycles. The highest BCUT2D eigenvalue weighted by molar-refractivity contribution is 14.0. The van der Waals surface area contributed by atoms with Gasteiger partial charge in [0.05, 0.1) is 13.2 Å². The number of amides is 1. The van der Waals surface area contributed by atoms with Crippen molar-refractivity contribution in [3.63, 3.8) is 0 Å². The molecule has 0 spiro atoms. The predicted octanol–water partition coefficient (Wildman–Crippen LogP) is 2.92. The SMILES string of the molecule is CCCCNC(=O)c1ccc(CN=C(NCC)NC(C)COC)cc1.I. The van der Waals surface area contributed by atoms with Crippen LogP contribution in [0.25, 0.3) is 0 Å². The molecule has 0 aliphatic carbocycles. The number of benzene rings is 1. The van der Waals surface area contributed by atoms with Crippen molar-refractivity contribution in [3.05, 3.63) is 35.4 Å². The lowest BCUT2D eigenvalue weighted by molar-refractivity contribution is 0.0953. The fraction of sp³-hybridized carbons (Fsp3) is 0.579. The molecule has 0 fully saturated rings. The third-order valence-electron chi connectivity index (χ3n) is 3.60. The zero-order valence-corrected chi connectivity index (χ0v) is 18.6. The lowest BCUT2D eigenvalue weighted by Crippen LogP contribution is -2.43. The van der Waals surface area contributed by atoms with E-state index in [0.717, 1.165) is 37.5 Å². The zero-order chi connectivity index (χ0) is 18.5. The number of unbranched alkanes of at least 4 members (excludes halogenated alkanes) is 1. The summed E-state index contributed by atoms with van der Waals surface area (Å²) in [5, 5.41) is 9.44. The van der Waals surface area contributed by atoms with E-state index in [4.69, 9.17) is 4.74 Å². The van der Waals surface area contributed by atoms with Crippen molar-refractivity contribution in [2.75, 3.05) is 26.8 Å². The Morgan fingerprint density at radius 1 is 1.19 bits per heavy atom. The van der Waals surface area contributed by atoms with Gasteiger partial charge in [-0.05, 0) is 38.0 Å². The molecule has 148 valence electrons. The number of carbonyl (C=O) groups is 1. The summed E-state index contributed by atoms with van der Waals surface area (Å²) in [4.78, 5) is 16.6. The molecule has 6 nitrogen and oxygen atoms in total. The molecule has 1 atom stereocenters. The van der Waals surface area contributed by atoms with Gasteiger partial charge in [-0.1, -0.05) is 25.5 Å². The van der Waals surface area contributed by atoms with Crippen LogP contribution in [0.15, 0.2) is 29.3 Å². The summed E-state index contributed by atoms with van der Waals surface area (Å²) in [6, 6.07) is 7.76. The van der Waals surface area contributed by atoms with Crippen LogP contribution >= 0.6 is 24.0 Å². The van der Waals surface area contributed by atoms with Gasteiger partial charge in [0, 0.05) is 31.8 Å². The molecule has 0 saturated carbocycles. The van der Waals surface area contributed by atoms with Gasteiger partial charge in [-0.25, -0.2) is 4.99 Å². The van der Waals surface area contributed by atoms with Gasteiger partial charge in [-0.2, -0.15) is 0 Å². The summed E-state index contributed by atoms with van der Waals surface area (Å²) in [6.07, 6.45) is 2.07. The van der Waals surface area contributed by atoms with Crippen LogP contribution in [0, 0.1) is 0 Å². The van der Waals surface area contributed by atoms with Crippen LogP contribution in [-0.4, -0.2) is 44.7 Å². The topological polar surface area (TPSA) is 74.8 Å². The molecular weight excluding hydrogens is 443 g/mol. The molecule has 0 aliphatic heterocycles. The van der Waals surface area contributed by atoms with Crippen molar-refractivity contribution in [1.29, 1.82) is 0 Å². The number of hydrogen-bond acceptors (Lipinski definition) is 3. The standard InChI is InChI=1S/C19H32N4O2.HI/c1-5-7-12-21-18(24)17-10-8-16(9-11-17)13-22-19(20-6-2)23-15(3)14-25-4;/h8-11,15H,5-7,12-14H2,1-4H3,(H,21,24)(H2,20,22,23);1H. The van der Waals surface area contributed by atoms with Gasteiger partial charge in [0.25, 0.3) is 5.91 Å². The first-order valence-electron chi connectivity index (χ1n) is 9.01. The number of hydrogen-bond donors (Lipinski definition) is 3. The molecule has 1 aromatic carbocycles. The Bertz CT molecular complexity index is 535. The maximum atomic E-state index is 12.0. The number of nitrogens with one attached hydrogen (secondary N) is 3. The average Bonchev–Trinajstić information content (AvgIpc) is 2.60. The predicted molar refractivity (Wildman–Crippen MR) is 118 cm³/mol. The normalized spacial score (nSPS) is 12.1. The molecule has 1 rings (SSSR count). The first kappa shape index (κ1) is 24.7. The maximum Gasteiger partial charge on any atom is 0.251 e. The number of nitrogens with zero attached hydrogens (tertiary/aromatic N) is 1. The van der Waals surface area contributed by atoms with Gasteiger partial charge in [0.2, 0.25) is 0 Å². The number of guanidine groups is 1. The first-order valence-corrected chi connectivity index (χ1v) is 9.01. The van der Waals surface area contributed by atoms with E-state index in [1.807, 2.05) is 38.1 Å². The van der Waals surface area contributed by atoms with Crippen LogP contribution in [-0.2, 0) is 11.3 Å². The van der Waals surface area contributed by atoms with Crippen molar-refractivity contribution < 1.29 is 9.53 Å². The quantitative estimate of drug-likeness (QED) is 0.210. The van der Waals surface area contributed by atoms with Gasteiger partial charge >= 0.3 is 0 Å². The highest BCUT2D eigenvalue weighted by Gasteiger charge is 2.06. The Labute approximate surface area is 174 Å². The second kappa shape index (κ2) is 14.8. The minimum Gasteiger partial charge on any atom is -0.383 e. The number of halogens is 1. The highest BCUT2D eigenvalue weighted by atomic mass is 127. The Balaban J connectivity index is 0.00000625. The summed E-state index contributed by atoms with van der Waals surface area (Å²) in [6.45, 7) is 8.86. The van der Waals surface area contributed by atoms with Crippen molar-refractivity contribution in [3.8, 4) is 0 Å². The molecule has 1 unspecified atom stereocenters. The van der Waals surface area contributed by atoms with Crippen LogP contribution in [0.5, 0.6) is 0 Å². The summed E-state index contributed by atoms with van der Waals surface area (Å²) in [7, 11) is 1.68. The van der Waals surface area contributed by atoms with Crippen LogP contribution in [0.2, 0.25) is 0 Å². The van der Waals surface area contributed by atoms with Crippen LogP contribution < -0.4 is 16.0 Å². The lowest BCUT2D eigenvalue weighted by atomic mass is 10.1. The van der Waals surface area contributed by atoms with E-state index in [1.165, 1.54) is 0 Å². The molecule has 7 heteroatoms.